The molecule has 0 aromatic heterocycles. The van der Waals surface area contributed by atoms with Gasteiger partial charge in [0.05, 0.1) is 6.54 Å². The van der Waals surface area contributed by atoms with E-state index in [4.69, 9.17) is 4.74 Å². The molecule has 4 rings (SSSR count). The van der Waals surface area contributed by atoms with E-state index in [0.717, 1.165) is 5.56 Å². The number of rotatable bonds is 5. The summed E-state index contributed by atoms with van der Waals surface area (Å²) in [5.41, 5.74) is 4.32. The quantitative estimate of drug-likeness (QED) is 0.695. The largest absolute Gasteiger partial charge is 0.449 e. The topological polar surface area (TPSA) is 58.6 Å². The Bertz CT molecular complexity index is 936. The lowest BCUT2D eigenvalue weighted by Crippen LogP contribution is -2.39. The van der Waals surface area contributed by atoms with Gasteiger partial charge in [0, 0.05) is 5.92 Å². The number of aliphatic hydroxyl groups is 1. The summed E-state index contributed by atoms with van der Waals surface area (Å²) in [6.07, 6.45) is -0.530. The molecule has 4 nitrogen and oxygen atoms in total. The number of hydrogen-bond donors (Lipinski definition) is 2. The van der Waals surface area contributed by atoms with E-state index >= 15 is 0 Å². The fourth-order valence-corrected chi connectivity index (χ4v) is 3.79. The van der Waals surface area contributed by atoms with Gasteiger partial charge in [-0.05, 0) is 34.7 Å². The molecule has 0 bridgehead atoms. The van der Waals surface area contributed by atoms with Gasteiger partial charge in [0.2, 0.25) is 0 Å². The Kier molecular flexibility index (Phi) is 4.88. The monoisotopic (exact) mass is 373 g/mol. The molecule has 28 heavy (non-hydrogen) atoms. The second kappa shape index (κ2) is 7.49. The van der Waals surface area contributed by atoms with Crippen LogP contribution in [0, 0.1) is 0 Å². The molecule has 0 spiro atoms. The standard InChI is InChI=1S/C24H23NO3/c1-24(27,17-9-3-2-4-10-17)16-25-23(26)28-15-22-20-13-7-5-11-18(20)19-12-6-8-14-21(19)22/h2-14,22,27H,15-16H2,1H3,(H,25,26). The Labute approximate surface area is 164 Å². The van der Waals surface area contributed by atoms with Crippen molar-refractivity contribution >= 4 is 6.09 Å². The van der Waals surface area contributed by atoms with Gasteiger partial charge >= 0.3 is 6.09 Å². The van der Waals surface area contributed by atoms with Crippen molar-refractivity contribution in [3.8, 4) is 11.1 Å². The van der Waals surface area contributed by atoms with E-state index in [9.17, 15) is 9.90 Å². The normalized spacial score (nSPS) is 14.6. The third kappa shape index (κ3) is 3.51. The van der Waals surface area contributed by atoms with Gasteiger partial charge in [0.1, 0.15) is 12.2 Å². The first-order valence-corrected chi connectivity index (χ1v) is 9.43. The van der Waals surface area contributed by atoms with Gasteiger partial charge in [-0.2, -0.15) is 0 Å². The fourth-order valence-electron chi connectivity index (χ4n) is 3.79. The average molecular weight is 373 g/mol. The minimum Gasteiger partial charge on any atom is -0.449 e. The molecular weight excluding hydrogens is 350 g/mol. The first kappa shape index (κ1) is 18.3. The SMILES string of the molecule is CC(O)(CNC(=O)OCC1c2ccccc2-c2ccccc21)c1ccccc1. The highest BCUT2D eigenvalue weighted by Gasteiger charge is 2.29. The lowest BCUT2D eigenvalue weighted by Gasteiger charge is -2.24. The van der Waals surface area contributed by atoms with Gasteiger partial charge < -0.3 is 15.2 Å². The van der Waals surface area contributed by atoms with Crippen LogP contribution in [-0.4, -0.2) is 24.4 Å². The number of fused-ring (bicyclic) bond motifs is 3. The van der Waals surface area contributed by atoms with E-state index < -0.39 is 11.7 Å². The molecule has 1 aliphatic carbocycles. The number of ether oxygens (including phenoxy) is 1. The van der Waals surface area contributed by atoms with Crippen LogP contribution in [0.3, 0.4) is 0 Å². The second-order valence-corrected chi connectivity index (χ2v) is 7.32. The summed E-state index contributed by atoms with van der Waals surface area (Å²) in [7, 11) is 0. The van der Waals surface area contributed by atoms with Crippen molar-refractivity contribution in [2.45, 2.75) is 18.4 Å². The molecule has 4 heteroatoms. The Balaban J connectivity index is 1.40. The number of carbonyl (C=O) groups excluding carboxylic acids is 1. The van der Waals surface area contributed by atoms with Crippen LogP contribution in [0.15, 0.2) is 78.9 Å². The van der Waals surface area contributed by atoms with E-state index in [1.807, 2.05) is 54.6 Å². The molecule has 3 aromatic carbocycles. The predicted octanol–water partition coefficient (Wildman–Crippen LogP) is 4.43. The molecule has 142 valence electrons. The molecule has 2 N–H and O–H groups in total. The lowest BCUT2D eigenvalue weighted by molar-refractivity contribution is 0.0533. The molecule has 3 aromatic rings. The fraction of sp³-hybridized carbons (Fsp3) is 0.208. The van der Waals surface area contributed by atoms with Crippen molar-refractivity contribution in [2.75, 3.05) is 13.2 Å². The second-order valence-electron chi connectivity index (χ2n) is 7.32. The Morgan fingerprint density at radius 1 is 0.929 bits per heavy atom. The Morgan fingerprint density at radius 2 is 1.46 bits per heavy atom. The van der Waals surface area contributed by atoms with Crippen LogP contribution >= 0.6 is 0 Å². The smallest absolute Gasteiger partial charge is 0.407 e. The summed E-state index contributed by atoms with van der Waals surface area (Å²) in [5, 5.41) is 13.3. The molecule has 1 amide bonds. The molecule has 0 fully saturated rings. The molecule has 0 aliphatic heterocycles. The molecule has 0 heterocycles. The highest BCUT2D eigenvalue weighted by atomic mass is 16.5. The summed E-state index contributed by atoms with van der Waals surface area (Å²) in [4.78, 5) is 12.3. The highest BCUT2D eigenvalue weighted by Crippen LogP contribution is 2.44. The average Bonchev–Trinajstić information content (AvgIpc) is 3.05. The van der Waals surface area contributed by atoms with Crippen LogP contribution in [0.4, 0.5) is 4.79 Å². The first-order chi connectivity index (χ1) is 13.6. The van der Waals surface area contributed by atoms with Gasteiger partial charge in [0.15, 0.2) is 0 Å². The van der Waals surface area contributed by atoms with Crippen molar-refractivity contribution in [2.24, 2.45) is 0 Å². The van der Waals surface area contributed by atoms with Gasteiger partial charge in [-0.15, -0.1) is 0 Å². The molecule has 1 unspecified atom stereocenters. The van der Waals surface area contributed by atoms with E-state index in [0.29, 0.717) is 0 Å². The zero-order valence-corrected chi connectivity index (χ0v) is 15.8. The van der Waals surface area contributed by atoms with E-state index in [1.54, 1.807) is 6.92 Å². The number of hydrogen-bond acceptors (Lipinski definition) is 3. The first-order valence-electron chi connectivity index (χ1n) is 9.43. The third-order valence-electron chi connectivity index (χ3n) is 5.32. The minimum absolute atomic E-state index is 0.0211. The predicted molar refractivity (Wildman–Crippen MR) is 109 cm³/mol. The molecule has 0 saturated heterocycles. The van der Waals surface area contributed by atoms with Crippen molar-refractivity contribution in [3.63, 3.8) is 0 Å². The minimum atomic E-state index is -1.16. The van der Waals surface area contributed by atoms with Gasteiger partial charge in [-0.25, -0.2) is 4.79 Å². The number of carbonyl (C=O) groups is 1. The summed E-state index contributed by atoms with van der Waals surface area (Å²) in [6, 6.07) is 25.7. The maximum atomic E-state index is 12.3. The summed E-state index contributed by atoms with van der Waals surface area (Å²) in [5.74, 6) is 0.0211. The maximum Gasteiger partial charge on any atom is 0.407 e. The zero-order valence-electron chi connectivity index (χ0n) is 15.8. The van der Waals surface area contributed by atoms with E-state index in [2.05, 4.69) is 29.6 Å². The zero-order chi connectivity index (χ0) is 19.6. The molecule has 0 saturated carbocycles. The van der Waals surface area contributed by atoms with Gasteiger partial charge in [-0.3, -0.25) is 0 Å². The Morgan fingerprint density at radius 3 is 2.07 bits per heavy atom. The molecular formula is C24H23NO3. The molecule has 0 radical (unpaired) electrons. The number of amides is 1. The number of alkyl carbamates (subject to hydrolysis) is 1. The summed E-state index contributed by atoms with van der Waals surface area (Å²) < 4.78 is 5.51. The van der Waals surface area contributed by atoms with Crippen LogP contribution in [0.2, 0.25) is 0 Å². The summed E-state index contributed by atoms with van der Waals surface area (Å²) in [6.45, 7) is 2.01. The van der Waals surface area contributed by atoms with Crippen LogP contribution < -0.4 is 5.32 Å². The van der Waals surface area contributed by atoms with E-state index in [1.165, 1.54) is 22.3 Å². The highest BCUT2D eigenvalue weighted by molar-refractivity contribution is 5.79. The molecule has 1 atom stereocenters. The van der Waals surface area contributed by atoms with Crippen LogP contribution in [0.25, 0.3) is 11.1 Å². The maximum absolute atomic E-state index is 12.3. The lowest BCUT2D eigenvalue weighted by atomic mass is 9.96. The van der Waals surface area contributed by atoms with Crippen molar-refractivity contribution in [1.82, 2.24) is 5.32 Å². The van der Waals surface area contributed by atoms with Crippen LogP contribution in [-0.2, 0) is 10.3 Å². The number of nitrogens with one attached hydrogen (secondary N) is 1. The van der Waals surface area contributed by atoms with Crippen LogP contribution in [0.1, 0.15) is 29.5 Å². The van der Waals surface area contributed by atoms with E-state index in [-0.39, 0.29) is 19.1 Å². The summed E-state index contributed by atoms with van der Waals surface area (Å²) >= 11 is 0. The Hall–Kier alpha value is -3.11. The van der Waals surface area contributed by atoms with Crippen molar-refractivity contribution in [3.05, 3.63) is 95.6 Å². The van der Waals surface area contributed by atoms with Gasteiger partial charge in [0.25, 0.3) is 0 Å². The van der Waals surface area contributed by atoms with Crippen LogP contribution in [0.5, 0.6) is 0 Å². The van der Waals surface area contributed by atoms with Crippen molar-refractivity contribution < 1.29 is 14.6 Å². The van der Waals surface area contributed by atoms with Crippen molar-refractivity contribution in [1.29, 1.82) is 0 Å². The van der Waals surface area contributed by atoms with Gasteiger partial charge in [-0.1, -0.05) is 78.9 Å². The third-order valence-corrected chi connectivity index (χ3v) is 5.32. The number of benzene rings is 3. The molecule has 1 aliphatic rings.